The van der Waals surface area contributed by atoms with E-state index in [0.29, 0.717) is 31.1 Å². The molecule has 9 nitrogen and oxygen atoms in total. The zero-order valence-corrected chi connectivity index (χ0v) is 15.1. The first-order valence-electron chi connectivity index (χ1n) is 9.14. The normalized spacial score (nSPS) is 19.4. The Hall–Kier alpha value is -3.10. The number of urea groups is 1. The number of likely N-dealkylation sites (N-methyl/N-ethyl adjacent to an activating group) is 1. The van der Waals surface area contributed by atoms with E-state index in [1.165, 1.54) is 6.33 Å². The molecule has 1 saturated heterocycles. The Morgan fingerprint density at radius 3 is 3.11 bits per heavy atom. The molecule has 2 N–H and O–H groups in total. The predicted molar refractivity (Wildman–Crippen MR) is 98.9 cm³/mol. The molecule has 4 rings (SSSR count). The molecule has 0 spiro atoms. The molecule has 1 atom stereocenters. The zero-order valence-electron chi connectivity index (χ0n) is 15.1. The van der Waals surface area contributed by atoms with Crippen LogP contribution in [-0.2, 0) is 4.79 Å². The summed E-state index contributed by atoms with van der Waals surface area (Å²) in [7, 11) is 0. The molecule has 0 aliphatic carbocycles. The lowest BCUT2D eigenvalue weighted by Crippen LogP contribution is -2.42. The maximum Gasteiger partial charge on any atom is 0.321 e. The van der Waals surface area contributed by atoms with Gasteiger partial charge in [0.2, 0.25) is 0 Å². The Morgan fingerprint density at radius 1 is 1.44 bits per heavy atom. The Labute approximate surface area is 156 Å². The van der Waals surface area contributed by atoms with Crippen molar-refractivity contribution in [2.75, 3.05) is 36.5 Å². The van der Waals surface area contributed by atoms with Crippen molar-refractivity contribution in [1.29, 1.82) is 0 Å². The SMILES string of the molecule is CCN1C(=O)COc2cc(NC(=O)N3CCC[C@H](c4ncn[nH]4)C3)ccc21. The van der Waals surface area contributed by atoms with E-state index in [4.69, 9.17) is 4.74 Å². The number of nitrogens with zero attached hydrogens (tertiary/aromatic N) is 4. The Morgan fingerprint density at radius 2 is 2.33 bits per heavy atom. The molecule has 3 heterocycles. The smallest absolute Gasteiger partial charge is 0.321 e. The van der Waals surface area contributed by atoms with E-state index in [0.717, 1.165) is 24.4 Å². The van der Waals surface area contributed by atoms with Crippen molar-refractivity contribution < 1.29 is 14.3 Å². The van der Waals surface area contributed by atoms with Gasteiger partial charge >= 0.3 is 6.03 Å². The average molecular weight is 370 g/mol. The molecule has 142 valence electrons. The summed E-state index contributed by atoms with van der Waals surface area (Å²) in [6.07, 6.45) is 3.39. The highest BCUT2D eigenvalue weighted by Crippen LogP contribution is 2.34. The quantitative estimate of drug-likeness (QED) is 0.860. The van der Waals surface area contributed by atoms with Crippen molar-refractivity contribution in [2.45, 2.75) is 25.7 Å². The van der Waals surface area contributed by atoms with E-state index < -0.39 is 0 Å². The van der Waals surface area contributed by atoms with Gasteiger partial charge in [-0.05, 0) is 31.9 Å². The maximum absolute atomic E-state index is 12.7. The highest BCUT2D eigenvalue weighted by Gasteiger charge is 2.27. The van der Waals surface area contributed by atoms with Crippen molar-refractivity contribution in [3.8, 4) is 5.75 Å². The van der Waals surface area contributed by atoms with Crippen molar-refractivity contribution >= 4 is 23.3 Å². The fraction of sp³-hybridized carbons (Fsp3) is 0.444. The number of likely N-dealkylation sites (tertiary alicyclic amines) is 1. The lowest BCUT2D eigenvalue weighted by molar-refractivity contribution is -0.121. The standard InChI is InChI=1S/C18H22N6O3/c1-2-24-14-6-5-13(8-15(14)27-10-16(24)25)21-18(26)23-7-3-4-12(9-23)17-19-11-20-22-17/h5-6,8,11-12H,2-4,7,9-10H2,1H3,(H,21,26)(H,19,20,22)/t12-/m0/s1. The largest absolute Gasteiger partial charge is 0.481 e. The lowest BCUT2D eigenvalue weighted by Gasteiger charge is -2.32. The third kappa shape index (κ3) is 3.44. The molecule has 27 heavy (non-hydrogen) atoms. The number of nitrogens with one attached hydrogen (secondary N) is 2. The van der Waals surface area contributed by atoms with E-state index in [1.807, 2.05) is 6.92 Å². The van der Waals surface area contributed by atoms with Gasteiger partial charge in [-0.2, -0.15) is 5.10 Å². The number of rotatable bonds is 3. The first-order valence-corrected chi connectivity index (χ1v) is 9.14. The van der Waals surface area contributed by atoms with Crippen molar-refractivity contribution in [1.82, 2.24) is 20.1 Å². The fourth-order valence-corrected chi connectivity index (χ4v) is 3.63. The van der Waals surface area contributed by atoms with Crippen LogP contribution >= 0.6 is 0 Å². The molecule has 0 bridgehead atoms. The van der Waals surface area contributed by atoms with Crippen LogP contribution in [0.2, 0.25) is 0 Å². The number of anilines is 2. The van der Waals surface area contributed by atoms with Crippen LogP contribution in [0.4, 0.5) is 16.2 Å². The van der Waals surface area contributed by atoms with Crippen LogP contribution in [0.25, 0.3) is 0 Å². The second-order valence-electron chi connectivity index (χ2n) is 6.70. The number of ether oxygens (including phenoxy) is 1. The number of carbonyl (C=O) groups excluding carboxylic acids is 2. The number of piperidine rings is 1. The summed E-state index contributed by atoms with van der Waals surface area (Å²) in [5.74, 6) is 1.53. The van der Waals surface area contributed by atoms with Crippen molar-refractivity contribution in [2.24, 2.45) is 0 Å². The molecule has 1 aromatic carbocycles. The van der Waals surface area contributed by atoms with Crippen LogP contribution < -0.4 is 15.0 Å². The van der Waals surface area contributed by atoms with E-state index in [9.17, 15) is 9.59 Å². The van der Waals surface area contributed by atoms with E-state index in [1.54, 1.807) is 28.0 Å². The molecule has 9 heteroatoms. The Bertz CT molecular complexity index is 838. The van der Waals surface area contributed by atoms with Gasteiger partial charge in [0.1, 0.15) is 17.9 Å². The van der Waals surface area contributed by atoms with Gasteiger partial charge in [-0.1, -0.05) is 0 Å². The van der Waals surface area contributed by atoms with Gasteiger partial charge in [0.25, 0.3) is 5.91 Å². The van der Waals surface area contributed by atoms with Crippen molar-refractivity contribution in [3.05, 3.63) is 30.4 Å². The van der Waals surface area contributed by atoms with E-state index in [2.05, 4.69) is 20.5 Å². The number of aromatic amines is 1. The predicted octanol–water partition coefficient (Wildman–Crippen LogP) is 1.96. The number of hydrogen-bond acceptors (Lipinski definition) is 5. The van der Waals surface area contributed by atoms with Gasteiger partial charge < -0.3 is 19.9 Å². The van der Waals surface area contributed by atoms with Crippen LogP contribution in [0, 0.1) is 0 Å². The molecule has 2 aromatic rings. The number of H-pyrrole nitrogens is 1. The molecule has 2 aliphatic rings. The summed E-state index contributed by atoms with van der Waals surface area (Å²) < 4.78 is 5.53. The summed E-state index contributed by atoms with van der Waals surface area (Å²) in [6.45, 7) is 3.82. The molecular weight excluding hydrogens is 348 g/mol. The Kier molecular flexibility index (Phi) is 4.66. The van der Waals surface area contributed by atoms with E-state index >= 15 is 0 Å². The molecule has 1 fully saturated rings. The van der Waals surface area contributed by atoms with Crippen LogP contribution in [-0.4, -0.2) is 58.3 Å². The Balaban J connectivity index is 1.44. The summed E-state index contributed by atoms with van der Waals surface area (Å²) >= 11 is 0. The first-order chi connectivity index (χ1) is 13.2. The number of hydrogen-bond donors (Lipinski definition) is 2. The van der Waals surface area contributed by atoms with Gasteiger partial charge in [0.05, 0.1) is 5.69 Å². The third-order valence-corrected chi connectivity index (χ3v) is 5.00. The van der Waals surface area contributed by atoms with Gasteiger partial charge in [-0.3, -0.25) is 9.89 Å². The lowest BCUT2D eigenvalue weighted by atomic mass is 9.98. The fourth-order valence-electron chi connectivity index (χ4n) is 3.63. The number of amides is 3. The van der Waals surface area contributed by atoms with Gasteiger partial charge in [-0.25, -0.2) is 9.78 Å². The maximum atomic E-state index is 12.7. The molecule has 0 unspecified atom stereocenters. The van der Waals surface area contributed by atoms with E-state index in [-0.39, 0.29) is 24.5 Å². The van der Waals surface area contributed by atoms with Gasteiger partial charge in [0.15, 0.2) is 6.61 Å². The van der Waals surface area contributed by atoms with Gasteiger partial charge in [0, 0.05) is 37.3 Å². The number of fused-ring (bicyclic) bond motifs is 1. The van der Waals surface area contributed by atoms with Crippen LogP contribution in [0.3, 0.4) is 0 Å². The molecule has 1 aromatic heterocycles. The third-order valence-electron chi connectivity index (χ3n) is 5.00. The minimum Gasteiger partial charge on any atom is -0.481 e. The zero-order chi connectivity index (χ0) is 18.8. The number of aromatic nitrogens is 3. The number of benzene rings is 1. The topological polar surface area (TPSA) is 103 Å². The molecule has 0 saturated carbocycles. The van der Waals surface area contributed by atoms with Crippen LogP contribution in [0.15, 0.2) is 24.5 Å². The average Bonchev–Trinajstić information content (AvgIpc) is 3.23. The van der Waals surface area contributed by atoms with Crippen LogP contribution in [0.5, 0.6) is 5.75 Å². The molecular formula is C18H22N6O3. The highest BCUT2D eigenvalue weighted by atomic mass is 16.5. The molecule has 3 amide bonds. The first kappa shape index (κ1) is 17.3. The monoisotopic (exact) mass is 370 g/mol. The summed E-state index contributed by atoms with van der Waals surface area (Å²) in [4.78, 5) is 32.3. The second-order valence-corrected chi connectivity index (χ2v) is 6.70. The summed E-state index contributed by atoms with van der Waals surface area (Å²) in [5.41, 5.74) is 1.38. The van der Waals surface area contributed by atoms with Crippen molar-refractivity contribution in [3.63, 3.8) is 0 Å². The summed E-state index contributed by atoms with van der Waals surface area (Å²) in [5, 5.41) is 9.72. The highest BCUT2D eigenvalue weighted by molar-refractivity contribution is 5.98. The second kappa shape index (κ2) is 7.26. The van der Waals surface area contributed by atoms with Gasteiger partial charge in [-0.15, -0.1) is 0 Å². The molecule has 0 radical (unpaired) electrons. The van der Waals surface area contributed by atoms with Crippen LogP contribution in [0.1, 0.15) is 31.5 Å². The minimum atomic E-state index is -0.154. The number of carbonyl (C=O) groups is 2. The molecule has 2 aliphatic heterocycles. The summed E-state index contributed by atoms with van der Waals surface area (Å²) in [6, 6.07) is 5.21. The minimum absolute atomic E-state index is 0.0171.